The van der Waals surface area contributed by atoms with Crippen LogP contribution in [0.25, 0.3) is 22.3 Å². The summed E-state index contributed by atoms with van der Waals surface area (Å²) in [5.74, 6) is 1.88. The van der Waals surface area contributed by atoms with Gasteiger partial charge in [0.15, 0.2) is 5.82 Å². The van der Waals surface area contributed by atoms with Crippen molar-refractivity contribution in [3.8, 4) is 11.4 Å². The van der Waals surface area contributed by atoms with Crippen molar-refractivity contribution >= 4 is 23.3 Å². The van der Waals surface area contributed by atoms with Gasteiger partial charge in [-0.1, -0.05) is 31.5 Å². The number of rotatable bonds is 5. The number of aromatic nitrogens is 4. The number of aromatic amines is 1. The van der Waals surface area contributed by atoms with Gasteiger partial charge in [-0.25, -0.2) is 9.67 Å². The van der Waals surface area contributed by atoms with Crippen LogP contribution in [0.15, 0.2) is 30.5 Å². The Bertz CT molecular complexity index is 864. The van der Waals surface area contributed by atoms with Crippen LogP contribution in [0.1, 0.15) is 44.3 Å². The Kier molecular flexibility index (Phi) is 5.65. The van der Waals surface area contributed by atoms with Crippen molar-refractivity contribution in [1.29, 1.82) is 0 Å². The van der Waals surface area contributed by atoms with Gasteiger partial charge >= 0.3 is 0 Å². The normalized spacial score (nSPS) is 22.7. The topological polar surface area (TPSA) is 92.8 Å². The van der Waals surface area contributed by atoms with E-state index in [-0.39, 0.29) is 24.4 Å². The first-order chi connectivity index (χ1) is 12.2. The Labute approximate surface area is 159 Å². The number of halogens is 1. The fourth-order valence-electron chi connectivity index (χ4n) is 3.76. The number of benzene rings is 1. The summed E-state index contributed by atoms with van der Waals surface area (Å²) < 4.78 is 2.02. The third-order valence-corrected chi connectivity index (χ3v) is 5.20. The summed E-state index contributed by atoms with van der Waals surface area (Å²) in [6, 6.07) is 8.02. The van der Waals surface area contributed by atoms with Crippen molar-refractivity contribution in [3.05, 3.63) is 36.3 Å². The summed E-state index contributed by atoms with van der Waals surface area (Å²) in [5, 5.41) is 16.0. The highest BCUT2D eigenvalue weighted by molar-refractivity contribution is 5.93. The molecule has 1 aromatic carbocycles. The van der Waals surface area contributed by atoms with E-state index in [0.29, 0.717) is 6.42 Å². The van der Waals surface area contributed by atoms with Crippen LogP contribution in [-0.2, 0) is 6.54 Å². The molecule has 7 heteroatoms. The second-order valence-electron chi connectivity index (χ2n) is 7.02. The van der Waals surface area contributed by atoms with E-state index >= 15 is 0 Å². The van der Waals surface area contributed by atoms with Gasteiger partial charge in [-0.2, -0.15) is 5.10 Å². The lowest BCUT2D eigenvalue weighted by Gasteiger charge is -2.10. The molecule has 0 aliphatic heterocycles. The number of nitrogens with two attached hydrogens (primary N) is 1. The summed E-state index contributed by atoms with van der Waals surface area (Å²) in [6.07, 6.45) is 5.12. The molecule has 6 nitrogen and oxygen atoms in total. The summed E-state index contributed by atoms with van der Waals surface area (Å²) in [4.78, 5) is 8.16. The molecule has 0 bridgehead atoms. The predicted molar refractivity (Wildman–Crippen MR) is 105 cm³/mol. The molecule has 2 heterocycles. The molecule has 140 valence electrons. The average Bonchev–Trinajstić information content (AvgIpc) is 3.30. The lowest BCUT2D eigenvalue weighted by atomic mass is 10.1. The van der Waals surface area contributed by atoms with Gasteiger partial charge in [0.1, 0.15) is 5.82 Å². The highest BCUT2D eigenvalue weighted by Crippen LogP contribution is 2.35. The van der Waals surface area contributed by atoms with Crippen LogP contribution in [0.5, 0.6) is 0 Å². The third-order valence-electron chi connectivity index (χ3n) is 5.20. The van der Waals surface area contributed by atoms with Crippen molar-refractivity contribution < 1.29 is 5.11 Å². The Morgan fingerprint density at radius 3 is 2.85 bits per heavy atom. The SMILES string of the molecule is CCCCn1nc(-c2c[nH]c3ccccc23)nc1[C@H]1C[C@H](N)[C@@H](O)C1.Cl. The second kappa shape index (κ2) is 7.78. The number of aliphatic hydroxyl groups excluding tert-OH is 1. The molecule has 3 aromatic rings. The highest BCUT2D eigenvalue weighted by Gasteiger charge is 2.34. The minimum Gasteiger partial charge on any atom is -0.391 e. The minimum absolute atomic E-state index is 0. The molecule has 1 aliphatic carbocycles. The number of aryl methyl sites for hydroxylation is 1. The van der Waals surface area contributed by atoms with Gasteiger partial charge in [0.2, 0.25) is 0 Å². The van der Waals surface area contributed by atoms with E-state index in [1.807, 2.05) is 23.0 Å². The number of aliphatic hydroxyl groups is 1. The van der Waals surface area contributed by atoms with Gasteiger partial charge in [-0.15, -0.1) is 12.4 Å². The fraction of sp³-hybridized carbons (Fsp3) is 0.474. The maximum absolute atomic E-state index is 10.0. The first-order valence-corrected chi connectivity index (χ1v) is 9.12. The first-order valence-electron chi connectivity index (χ1n) is 9.12. The molecule has 26 heavy (non-hydrogen) atoms. The molecular formula is C19H26ClN5O. The van der Waals surface area contributed by atoms with Crippen molar-refractivity contribution in [3.63, 3.8) is 0 Å². The van der Waals surface area contributed by atoms with Gasteiger partial charge in [-0.05, 0) is 25.3 Å². The van der Waals surface area contributed by atoms with Crippen LogP contribution >= 0.6 is 12.4 Å². The van der Waals surface area contributed by atoms with Crippen molar-refractivity contribution in [2.24, 2.45) is 5.73 Å². The molecule has 4 rings (SSSR count). The Morgan fingerprint density at radius 1 is 1.31 bits per heavy atom. The van der Waals surface area contributed by atoms with Gasteiger partial charge in [0.05, 0.1) is 6.10 Å². The van der Waals surface area contributed by atoms with E-state index in [2.05, 4.69) is 24.0 Å². The fourth-order valence-corrected chi connectivity index (χ4v) is 3.76. The number of hydrogen-bond acceptors (Lipinski definition) is 4. The first kappa shape index (κ1) is 18.9. The summed E-state index contributed by atoms with van der Waals surface area (Å²) in [5.41, 5.74) is 8.13. The predicted octanol–water partition coefficient (Wildman–Crippen LogP) is 3.21. The van der Waals surface area contributed by atoms with E-state index in [0.717, 1.165) is 53.9 Å². The van der Waals surface area contributed by atoms with Gasteiger partial charge in [0, 0.05) is 41.2 Å². The zero-order valence-corrected chi connectivity index (χ0v) is 15.7. The quantitative estimate of drug-likeness (QED) is 0.638. The lowest BCUT2D eigenvalue weighted by molar-refractivity contribution is 0.163. The number of H-pyrrole nitrogens is 1. The van der Waals surface area contributed by atoms with Crippen LogP contribution in [-0.4, -0.2) is 37.0 Å². The maximum Gasteiger partial charge on any atom is 0.183 e. The van der Waals surface area contributed by atoms with Crippen LogP contribution in [0, 0.1) is 0 Å². The molecule has 3 atom stereocenters. The second-order valence-corrected chi connectivity index (χ2v) is 7.02. The van der Waals surface area contributed by atoms with Crippen molar-refractivity contribution in [2.45, 2.75) is 57.2 Å². The lowest BCUT2D eigenvalue weighted by Crippen LogP contribution is -2.28. The van der Waals surface area contributed by atoms with Crippen LogP contribution in [0.4, 0.5) is 0 Å². The number of unbranched alkanes of at least 4 members (excludes halogenated alkanes) is 1. The monoisotopic (exact) mass is 375 g/mol. The minimum atomic E-state index is -0.446. The number of nitrogens with one attached hydrogen (secondary N) is 1. The zero-order chi connectivity index (χ0) is 17.4. The molecule has 1 saturated carbocycles. The van der Waals surface area contributed by atoms with Crippen molar-refractivity contribution in [1.82, 2.24) is 19.7 Å². The van der Waals surface area contributed by atoms with Gasteiger partial charge in [-0.3, -0.25) is 0 Å². The molecule has 0 unspecified atom stereocenters. The van der Waals surface area contributed by atoms with E-state index < -0.39 is 6.10 Å². The zero-order valence-electron chi connectivity index (χ0n) is 14.9. The maximum atomic E-state index is 10.0. The van der Waals surface area contributed by atoms with Crippen LogP contribution in [0.2, 0.25) is 0 Å². The average molecular weight is 376 g/mol. The summed E-state index contributed by atoms with van der Waals surface area (Å²) >= 11 is 0. The number of hydrogen-bond donors (Lipinski definition) is 3. The van der Waals surface area contributed by atoms with Crippen LogP contribution in [0.3, 0.4) is 0 Å². The van der Waals surface area contributed by atoms with Crippen LogP contribution < -0.4 is 5.73 Å². The molecule has 1 fully saturated rings. The van der Waals surface area contributed by atoms with E-state index in [4.69, 9.17) is 15.8 Å². The third kappa shape index (κ3) is 3.37. The number of nitrogens with zero attached hydrogens (tertiary/aromatic N) is 3. The standard InChI is InChI=1S/C19H25N5O.ClH/c1-2-3-8-24-19(12-9-15(20)17(25)10-12)22-18(23-24)14-11-21-16-7-5-4-6-13(14)16;/h4-7,11-12,15,17,21,25H,2-3,8-10,20H2,1H3;1H/t12-,15-,17-;/m0./s1. The number of fused-ring (bicyclic) bond motifs is 1. The van der Waals surface area contributed by atoms with Gasteiger partial charge in [0.25, 0.3) is 0 Å². The Hall–Kier alpha value is -1.89. The number of para-hydroxylation sites is 1. The highest BCUT2D eigenvalue weighted by atomic mass is 35.5. The molecular weight excluding hydrogens is 350 g/mol. The molecule has 0 radical (unpaired) electrons. The molecule has 0 spiro atoms. The van der Waals surface area contributed by atoms with E-state index in [1.165, 1.54) is 0 Å². The molecule has 2 aromatic heterocycles. The largest absolute Gasteiger partial charge is 0.391 e. The molecule has 1 aliphatic rings. The molecule has 0 saturated heterocycles. The van der Waals surface area contributed by atoms with Crippen molar-refractivity contribution in [2.75, 3.05) is 0 Å². The summed E-state index contributed by atoms with van der Waals surface area (Å²) in [6.45, 7) is 3.02. The Balaban J connectivity index is 0.00000196. The smallest absolute Gasteiger partial charge is 0.183 e. The molecule has 4 N–H and O–H groups in total. The van der Waals surface area contributed by atoms with E-state index in [9.17, 15) is 5.11 Å². The summed E-state index contributed by atoms with van der Waals surface area (Å²) in [7, 11) is 0. The van der Waals surface area contributed by atoms with Gasteiger partial charge < -0.3 is 15.8 Å². The Morgan fingerprint density at radius 2 is 2.12 bits per heavy atom. The molecule has 0 amide bonds. The van der Waals surface area contributed by atoms with E-state index in [1.54, 1.807) is 0 Å².